The first-order valence-corrected chi connectivity index (χ1v) is 14.9. The summed E-state index contributed by atoms with van der Waals surface area (Å²) in [6.07, 6.45) is 7.09. The average Bonchev–Trinajstić information content (AvgIpc) is 2.95. The number of hydrogen-bond acceptors (Lipinski definition) is 5. The molecule has 41 heavy (non-hydrogen) atoms. The number of aryl methyl sites for hydroxylation is 1. The Labute approximate surface area is 250 Å². The number of fused-ring (bicyclic) bond motifs is 1. The number of aromatic nitrogens is 1. The quantitative estimate of drug-likeness (QED) is 0.155. The summed E-state index contributed by atoms with van der Waals surface area (Å²) >= 11 is 7.73. The maximum atomic E-state index is 11.8. The van der Waals surface area contributed by atoms with Crippen molar-refractivity contribution in [2.75, 3.05) is 5.75 Å². The molecule has 5 nitrogen and oxygen atoms in total. The summed E-state index contributed by atoms with van der Waals surface area (Å²) in [5, 5.41) is 22.0. The molecule has 7 heteroatoms. The minimum Gasteiger partial charge on any atom is -0.487 e. The molecule has 0 spiro atoms. The average molecular weight is 588 g/mol. The molecule has 0 saturated heterocycles. The maximum Gasteiger partial charge on any atom is 0.308 e. The number of aliphatic carboxylic acids is 1. The highest BCUT2D eigenvalue weighted by Gasteiger charge is 2.23. The van der Waals surface area contributed by atoms with Crippen LogP contribution >= 0.6 is 23.4 Å². The number of hydrogen-bond donors (Lipinski definition) is 2. The van der Waals surface area contributed by atoms with Gasteiger partial charge < -0.3 is 14.9 Å². The molecule has 0 aliphatic carbocycles. The van der Waals surface area contributed by atoms with Crippen molar-refractivity contribution in [1.29, 1.82) is 0 Å². The lowest BCUT2D eigenvalue weighted by Gasteiger charge is -2.24. The van der Waals surface area contributed by atoms with Gasteiger partial charge in [0.15, 0.2) is 0 Å². The van der Waals surface area contributed by atoms with Gasteiger partial charge in [0.2, 0.25) is 0 Å². The van der Waals surface area contributed by atoms with E-state index < -0.39 is 17.5 Å². The Hall–Kier alpha value is -3.50. The van der Waals surface area contributed by atoms with Crippen LogP contribution in [0.4, 0.5) is 0 Å². The summed E-state index contributed by atoms with van der Waals surface area (Å²) in [4.78, 5) is 16.5. The standard InChI is InChI=1S/C34H34ClNO4S/c1-4-8-26(33(37)38)22-41-32(18-15-23-9-5-6-12-30(23)34(2,3)39)25-10-7-11-29(19-25)40-21-28-17-14-24-13-16-27(35)20-31(24)36-28/h1,5-7,9-14,16-17,19-20,26,32,39H,8,15,18,21-22H2,2-3H3,(H,37,38)/t26?,32-/m0/s1. The lowest BCUT2D eigenvalue weighted by molar-refractivity contribution is -0.140. The van der Waals surface area contributed by atoms with Crippen LogP contribution in [0.2, 0.25) is 5.02 Å². The largest absolute Gasteiger partial charge is 0.487 e. The highest BCUT2D eigenvalue weighted by atomic mass is 35.5. The minimum atomic E-state index is -0.962. The molecule has 1 heterocycles. The van der Waals surface area contributed by atoms with Crippen molar-refractivity contribution in [2.45, 2.75) is 50.6 Å². The fourth-order valence-corrected chi connectivity index (χ4v) is 6.25. The second-order valence-electron chi connectivity index (χ2n) is 10.5. The molecule has 3 aromatic carbocycles. The zero-order chi connectivity index (χ0) is 29.4. The van der Waals surface area contributed by atoms with Gasteiger partial charge in [0.05, 0.1) is 22.7 Å². The Kier molecular flexibility index (Phi) is 10.3. The molecule has 4 aromatic rings. The number of aliphatic hydroxyl groups is 1. The number of thioether (sulfide) groups is 1. The number of nitrogens with zero attached hydrogens (tertiary/aromatic N) is 1. The summed E-state index contributed by atoms with van der Waals surface area (Å²) in [5.74, 6) is 2.09. The number of pyridine rings is 1. The van der Waals surface area contributed by atoms with Gasteiger partial charge in [-0.25, -0.2) is 4.98 Å². The van der Waals surface area contributed by atoms with E-state index >= 15 is 0 Å². The number of rotatable bonds is 13. The Morgan fingerprint density at radius 3 is 2.63 bits per heavy atom. The second-order valence-corrected chi connectivity index (χ2v) is 12.2. The van der Waals surface area contributed by atoms with Crippen molar-refractivity contribution in [2.24, 2.45) is 5.92 Å². The summed E-state index contributed by atoms with van der Waals surface area (Å²) in [7, 11) is 0. The smallest absolute Gasteiger partial charge is 0.308 e. The normalized spacial score (nSPS) is 13.0. The number of carboxylic acid groups (broad SMARTS) is 1. The molecule has 0 radical (unpaired) electrons. The molecule has 4 rings (SSSR count). The topological polar surface area (TPSA) is 79.7 Å². The highest BCUT2D eigenvalue weighted by Crippen LogP contribution is 2.37. The molecule has 2 atom stereocenters. The first-order valence-electron chi connectivity index (χ1n) is 13.5. The van der Waals surface area contributed by atoms with Crippen LogP contribution in [0.25, 0.3) is 10.9 Å². The Morgan fingerprint density at radius 1 is 1.10 bits per heavy atom. The van der Waals surface area contributed by atoms with Crippen molar-refractivity contribution in [1.82, 2.24) is 4.98 Å². The third kappa shape index (κ3) is 8.50. The summed E-state index contributed by atoms with van der Waals surface area (Å²) in [6.45, 7) is 3.87. The number of halogens is 1. The van der Waals surface area contributed by atoms with Crippen molar-refractivity contribution >= 4 is 40.2 Å². The van der Waals surface area contributed by atoms with Crippen molar-refractivity contribution in [3.63, 3.8) is 0 Å². The zero-order valence-corrected chi connectivity index (χ0v) is 24.8. The van der Waals surface area contributed by atoms with E-state index in [-0.39, 0.29) is 11.7 Å². The van der Waals surface area contributed by atoms with Gasteiger partial charge in [-0.15, -0.1) is 12.3 Å². The zero-order valence-electron chi connectivity index (χ0n) is 23.2. The van der Waals surface area contributed by atoms with E-state index in [1.165, 1.54) is 0 Å². The molecule has 0 aliphatic heterocycles. The van der Waals surface area contributed by atoms with E-state index in [9.17, 15) is 15.0 Å². The van der Waals surface area contributed by atoms with Crippen LogP contribution < -0.4 is 4.74 Å². The Morgan fingerprint density at radius 2 is 1.88 bits per heavy atom. The van der Waals surface area contributed by atoms with Crippen LogP contribution in [0.15, 0.2) is 78.9 Å². The lowest BCUT2D eigenvalue weighted by atomic mass is 9.90. The van der Waals surface area contributed by atoms with Gasteiger partial charge in [0.1, 0.15) is 12.4 Å². The second kappa shape index (κ2) is 13.9. The third-order valence-electron chi connectivity index (χ3n) is 6.89. The van der Waals surface area contributed by atoms with E-state index in [0.717, 1.165) is 46.1 Å². The van der Waals surface area contributed by atoms with Gasteiger partial charge in [-0.05, 0) is 73.7 Å². The molecular weight excluding hydrogens is 554 g/mol. The monoisotopic (exact) mass is 587 g/mol. The maximum absolute atomic E-state index is 11.8. The Bertz CT molecular complexity index is 1540. The summed E-state index contributed by atoms with van der Waals surface area (Å²) in [6, 6.07) is 25.4. The highest BCUT2D eigenvalue weighted by molar-refractivity contribution is 7.99. The van der Waals surface area contributed by atoms with Gasteiger partial charge in [0, 0.05) is 27.8 Å². The number of ether oxygens (including phenoxy) is 1. The number of benzene rings is 3. The first-order chi connectivity index (χ1) is 19.6. The molecule has 0 aliphatic rings. The predicted molar refractivity (Wildman–Crippen MR) is 167 cm³/mol. The molecule has 1 unspecified atom stereocenters. The van der Waals surface area contributed by atoms with E-state index in [1.54, 1.807) is 25.6 Å². The van der Waals surface area contributed by atoms with Crippen molar-refractivity contribution in [3.05, 3.63) is 106 Å². The van der Waals surface area contributed by atoms with Crippen LogP contribution in [0.1, 0.15) is 54.3 Å². The van der Waals surface area contributed by atoms with Crippen molar-refractivity contribution < 1.29 is 19.7 Å². The van der Waals surface area contributed by atoms with E-state index in [1.807, 2.05) is 78.9 Å². The third-order valence-corrected chi connectivity index (χ3v) is 8.63. The van der Waals surface area contributed by atoms with Gasteiger partial charge >= 0.3 is 5.97 Å². The van der Waals surface area contributed by atoms with Crippen LogP contribution in [-0.2, 0) is 23.4 Å². The minimum absolute atomic E-state index is 0.00558. The van der Waals surface area contributed by atoms with Crippen LogP contribution in [0.3, 0.4) is 0 Å². The Balaban J connectivity index is 1.53. The van der Waals surface area contributed by atoms with Gasteiger partial charge in [0.25, 0.3) is 0 Å². The van der Waals surface area contributed by atoms with E-state index in [0.29, 0.717) is 23.1 Å². The molecular formula is C34H34ClNO4S. The first kappa shape index (κ1) is 30.5. The van der Waals surface area contributed by atoms with Crippen molar-refractivity contribution in [3.8, 4) is 18.1 Å². The fraction of sp³-hybridized carbons (Fsp3) is 0.294. The lowest BCUT2D eigenvalue weighted by Crippen LogP contribution is -2.18. The fourth-order valence-electron chi connectivity index (χ4n) is 4.73. The van der Waals surface area contributed by atoms with Gasteiger partial charge in [-0.3, -0.25) is 4.79 Å². The molecule has 2 N–H and O–H groups in total. The summed E-state index contributed by atoms with van der Waals surface area (Å²) < 4.78 is 6.13. The van der Waals surface area contributed by atoms with Crippen LogP contribution in [0.5, 0.6) is 5.75 Å². The number of terminal acetylenes is 1. The van der Waals surface area contributed by atoms with Crippen LogP contribution in [0, 0.1) is 18.3 Å². The molecule has 0 amide bonds. The molecule has 0 fully saturated rings. The number of carboxylic acids is 1. The summed E-state index contributed by atoms with van der Waals surface area (Å²) in [5.41, 5.74) is 3.64. The molecule has 212 valence electrons. The molecule has 0 bridgehead atoms. The van der Waals surface area contributed by atoms with Crippen LogP contribution in [-0.4, -0.2) is 26.9 Å². The van der Waals surface area contributed by atoms with E-state index in [4.69, 9.17) is 22.8 Å². The van der Waals surface area contributed by atoms with E-state index in [2.05, 4.69) is 10.9 Å². The number of carbonyl (C=O) groups is 1. The molecule has 0 saturated carbocycles. The molecule has 1 aromatic heterocycles. The predicted octanol–water partition coefficient (Wildman–Crippen LogP) is 7.83. The SMILES string of the molecule is C#CCC(CS[C@@H](CCc1ccccc1C(C)(C)O)c1cccc(OCc2ccc3ccc(Cl)cc3n2)c1)C(=O)O. The van der Waals surface area contributed by atoms with Gasteiger partial charge in [-0.1, -0.05) is 60.1 Å². The van der Waals surface area contributed by atoms with Gasteiger partial charge in [-0.2, -0.15) is 11.8 Å².